The number of rotatable bonds is 4. The number of aromatic carboxylic acids is 1. The van der Waals surface area contributed by atoms with Crippen molar-refractivity contribution in [1.82, 2.24) is 4.98 Å². The van der Waals surface area contributed by atoms with Crippen molar-refractivity contribution in [2.75, 3.05) is 18.0 Å². The minimum Gasteiger partial charge on any atom is -0.478 e. The summed E-state index contributed by atoms with van der Waals surface area (Å²) < 4.78 is 36.7. The third kappa shape index (κ3) is 3.93. The molecule has 0 amide bonds. The number of alkyl halides is 3. The largest absolute Gasteiger partial charge is 0.478 e. The van der Waals surface area contributed by atoms with Gasteiger partial charge in [-0.3, -0.25) is 0 Å². The molecule has 0 bridgehead atoms. The molecule has 0 saturated carbocycles. The van der Waals surface area contributed by atoms with Gasteiger partial charge in [0.1, 0.15) is 12.4 Å². The van der Waals surface area contributed by atoms with Crippen molar-refractivity contribution in [3.05, 3.63) is 23.9 Å². The van der Waals surface area contributed by atoms with E-state index in [0.29, 0.717) is 0 Å². The van der Waals surface area contributed by atoms with E-state index in [9.17, 15) is 18.0 Å². The smallest absolute Gasteiger partial charge is 0.405 e. The van der Waals surface area contributed by atoms with Crippen LogP contribution in [-0.4, -0.2) is 35.3 Å². The first-order chi connectivity index (χ1) is 7.83. The van der Waals surface area contributed by atoms with Crippen LogP contribution in [0.15, 0.2) is 18.3 Å². The number of anilines is 1. The lowest BCUT2D eigenvalue weighted by Crippen LogP contribution is -2.34. The lowest BCUT2D eigenvalue weighted by Gasteiger charge is -2.23. The van der Waals surface area contributed by atoms with E-state index in [0.717, 1.165) is 11.1 Å². The average Bonchev–Trinajstić information content (AvgIpc) is 2.25. The number of pyridine rings is 1. The molecule has 4 nitrogen and oxygen atoms in total. The van der Waals surface area contributed by atoms with Crippen LogP contribution in [0.4, 0.5) is 19.0 Å². The van der Waals surface area contributed by atoms with Crippen LogP contribution in [0.5, 0.6) is 0 Å². The predicted octanol–water partition coefficient (Wildman–Crippen LogP) is 2.17. The van der Waals surface area contributed by atoms with E-state index in [2.05, 4.69) is 4.98 Å². The van der Waals surface area contributed by atoms with Crippen LogP contribution in [0, 0.1) is 0 Å². The Balaban J connectivity index is 2.86. The van der Waals surface area contributed by atoms with Crippen molar-refractivity contribution in [2.45, 2.75) is 13.1 Å². The summed E-state index contributed by atoms with van der Waals surface area (Å²) in [4.78, 5) is 15.3. The Morgan fingerprint density at radius 2 is 2.12 bits per heavy atom. The Morgan fingerprint density at radius 3 is 2.47 bits per heavy atom. The summed E-state index contributed by atoms with van der Waals surface area (Å²) in [6.45, 7) is 0.598. The molecule has 0 saturated heterocycles. The third-order valence-corrected chi connectivity index (χ3v) is 2.07. The topological polar surface area (TPSA) is 53.4 Å². The van der Waals surface area contributed by atoms with E-state index in [1.54, 1.807) is 6.92 Å². The highest BCUT2D eigenvalue weighted by atomic mass is 19.4. The van der Waals surface area contributed by atoms with Crippen molar-refractivity contribution in [3.8, 4) is 0 Å². The second kappa shape index (κ2) is 5.03. The Labute approximate surface area is 95.7 Å². The lowest BCUT2D eigenvalue weighted by molar-refractivity contribution is -0.119. The maximum Gasteiger partial charge on any atom is 0.405 e. The molecule has 0 fully saturated rings. The van der Waals surface area contributed by atoms with Crippen molar-refractivity contribution in [1.29, 1.82) is 0 Å². The fourth-order valence-electron chi connectivity index (χ4n) is 1.27. The number of carboxylic acids is 1. The molecule has 0 spiro atoms. The van der Waals surface area contributed by atoms with Gasteiger partial charge in [-0.2, -0.15) is 13.2 Å². The van der Waals surface area contributed by atoms with Crippen LogP contribution in [0.1, 0.15) is 17.3 Å². The monoisotopic (exact) mass is 248 g/mol. The molecule has 1 aromatic rings. The highest BCUT2D eigenvalue weighted by Crippen LogP contribution is 2.20. The first kappa shape index (κ1) is 13.3. The average molecular weight is 248 g/mol. The summed E-state index contributed by atoms with van der Waals surface area (Å²) in [6, 6.07) is 2.49. The number of hydrogen-bond donors (Lipinski definition) is 1. The zero-order valence-electron chi connectivity index (χ0n) is 9.03. The molecule has 94 valence electrons. The summed E-state index contributed by atoms with van der Waals surface area (Å²) >= 11 is 0. The van der Waals surface area contributed by atoms with Crippen LogP contribution in [-0.2, 0) is 0 Å². The number of hydrogen-bond acceptors (Lipinski definition) is 3. The Bertz CT molecular complexity index is 390. The summed E-state index contributed by atoms with van der Waals surface area (Å²) in [7, 11) is 0. The summed E-state index contributed by atoms with van der Waals surface area (Å²) in [5.41, 5.74) is -0.0585. The van der Waals surface area contributed by atoms with Gasteiger partial charge in [-0.15, -0.1) is 0 Å². The predicted molar refractivity (Wildman–Crippen MR) is 55.1 cm³/mol. The molecule has 1 rings (SSSR count). The van der Waals surface area contributed by atoms with Crippen LogP contribution in [0.25, 0.3) is 0 Å². The molecule has 17 heavy (non-hydrogen) atoms. The minimum absolute atomic E-state index is 0.0585. The molecular weight excluding hydrogens is 237 g/mol. The first-order valence-electron chi connectivity index (χ1n) is 4.84. The normalized spacial score (nSPS) is 11.3. The van der Waals surface area contributed by atoms with Gasteiger partial charge < -0.3 is 10.0 Å². The first-order valence-corrected chi connectivity index (χ1v) is 4.84. The molecule has 1 heterocycles. The zero-order chi connectivity index (χ0) is 13.1. The minimum atomic E-state index is -4.32. The second-order valence-corrected chi connectivity index (χ2v) is 3.34. The number of nitrogens with zero attached hydrogens (tertiary/aromatic N) is 2. The van der Waals surface area contributed by atoms with Gasteiger partial charge in [-0.25, -0.2) is 9.78 Å². The highest BCUT2D eigenvalue weighted by molar-refractivity contribution is 5.87. The van der Waals surface area contributed by atoms with Crippen LogP contribution in [0.2, 0.25) is 0 Å². The van der Waals surface area contributed by atoms with Crippen LogP contribution >= 0.6 is 0 Å². The SMILES string of the molecule is CCN(CC(F)(F)F)c1ccc(C(=O)O)cn1. The number of carbonyl (C=O) groups is 1. The Hall–Kier alpha value is -1.79. The van der Waals surface area contributed by atoms with E-state index in [1.807, 2.05) is 0 Å². The molecule has 0 aliphatic heterocycles. The van der Waals surface area contributed by atoms with Crippen molar-refractivity contribution < 1.29 is 23.1 Å². The highest BCUT2D eigenvalue weighted by Gasteiger charge is 2.30. The van der Waals surface area contributed by atoms with Gasteiger partial charge in [0.15, 0.2) is 0 Å². The zero-order valence-corrected chi connectivity index (χ0v) is 9.03. The summed E-state index contributed by atoms with van der Waals surface area (Å²) in [5, 5.41) is 8.62. The van der Waals surface area contributed by atoms with Crippen molar-refractivity contribution >= 4 is 11.8 Å². The second-order valence-electron chi connectivity index (χ2n) is 3.34. The van der Waals surface area contributed by atoms with Gasteiger partial charge >= 0.3 is 12.1 Å². The number of halogens is 3. The van der Waals surface area contributed by atoms with E-state index < -0.39 is 18.7 Å². The Morgan fingerprint density at radius 1 is 1.47 bits per heavy atom. The van der Waals surface area contributed by atoms with E-state index in [1.165, 1.54) is 12.1 Å². The molecular formula is C10H11F3N2O2. The standard InChI is InChI=1S/C10H11F3N2O2/c1-2-15(6-10(11,12)13)8-4-3-7(5-14-8)9(16)17/h3-5H,2,6H2,1H3,(H,16,17). The third-order valence-electron chi connectivity index (χ3n) is 2.07. The van der Waals surface area contributed by atoms with Crippen molar-refractivity contribution in [2.24, 2.45) is 0 Å². The summed E-state index contributed by atoms with van der Waals surface area (Å²) in [6.07, 6.45) is -3.28. The quantitative estimate of drug-likeness (QED) is 0.887. The van der Waals surface area contributed by atoms with Crippen LogP contribution in [0.3, 0.4) is 0 Å². The van der Waals surface area contributed by atoms with E-state index >= 15 is 0 Å². The molecule has 1 N–H and O–H groups in total. The molecule has 0 aliphatic carbocycles. The van der Waals surface area contributed by atoms with Gasteiger partial charge in [0.25, 0.3) is 0 Å². The fourth-order valence-corrected chi connectivity index (χ4v) is 1.27. The van der Waals surface area contributed by atoms with Crippen LogP contribution < -0.4 is 4.90 Å². The molecule has 0 unspecified atom stereocenters. The molecule has 0 atom stereocenters. The molecule has 0 radical (unpaired) electrons. The molecule has 0 aromatic carbocycles. The van der Waals surface area contributed by atoms with E-state index in [4.69, 9.17) is 5.11 Å². The van der Waals surface area contributed by atoms with Gasteiger partial charge in [0.2, 0.25) is 0 Å². The van der Waals surface area contributed by atoms with Gasteiger partial charge in [-0.05, 0) is 19.1 Å². The summed E-state index contributed by atoms with van der Waals surface area (Å²) in [5.74, 6) is -1.06. The molecule has 7 heteroatoms. The lowest BCUT2D eigenvalue weighted by atomic mass is 10.3. The fraction of sp³-hybridized carbons (Fsp3) is 0.400. The van der Waals surface area contributed by atoms with Gasteiger partial charge in [0.05, 0.1) is 5.56 Å². The number of carboxylic acid groups (broad SMARTS) is 1. The van der Waals surface area contributed by atoms with Crippen molar-refractivity contribution in [3.63, 3.8) is 0 Å². The molecule has 1 aromatic heterocycles. The number of aromatic nitrogens is 1. The maximum absolute atomic E-state index is 12.2. The van der Waals surface area contributed by atoms with Gasteiger partial charge in [0, 0.05) is 12.7 Å². The van der Waals surface area contributed by atoms with Gasteiger partial charge in [-0.1, -0.05) is 0 Å². The maximum atomic E-state index is 12.2. The van der Waals surface area contributed by atoms with E-state index in [-0.39, 0.29) is 17.9 Å². The molecule has 0 aliphatic rings. The Kier molecular flexibility index (Phi) is 3.93.